The van der Waals surface area contributed by atoms with E-state index in [4.69, 9.17) is 5.11 Å². The summed E-state index contributed by atoms with van der Waals surface area (Å²) in [6.45, 7) is 5.35. The normalized spacial score (nSPS) is 11.3. The van der Waals surface area contributed by atoms with Crippen LogP contribution in [0.15, 0.2) is 35.2 Å². The number of unbranched alkanes of at least 4 members (excludes halogenated alkanes) is 2. The summed E-state index contributed by atoms with van der Waals surface area (Å²) in [5.74, 6) is 1.75. The van der Waals surface area contributed by atoms with Gasteiger partial charge >= 0.3 is 0 Å². The van der Waals surface area contributed by atoms with Gasteiger partial charge in [0.2, 0.25) is 5.91 Å². The molecule has 1 aromatic rings. The quantitative estimate of drug-likeness (QED) is 0.363. The lowest BCUT2D eigenvalue weighted by Gasteiger charge is -2.07. The second-order valence-electron chi connectivity index (χ2n) is 5.98. The van der Waals surface area contributed by atoms with Crippen LogP contribution in [0.25, 0.3) is 6.08 Å². The molecule has 23 heavy (non-hydrogen) atoms. The third-order valence-electron chi connectivity index (χ3n) is 3.42. The first kappa shape index (κ1) is 19.8. The van der Waals surface area contributed by atoms with Crippen LogP contribution < -0.4 is 5.32 Å². The van der Waals surface area contributed by atoms with E-state index in [0.717, 1.165) is 30.6 Å². The molecule has 0 aliphatic heterocycles. The van der Waals surface area contributed by atoms with Crippen molar-refractivity contribution in [3.05, 3.63) is 35.9 Å². The highest BCUT2D eigenvalue weighted by molar-refractivity contribution is 7.99. The van der Waals surface area contributed by atoms with Crippen LogP contribution in [0, 0.1) is 5.92 Å². The number of thioether (sulfide) groups is 1. The van der Waals surface area contributed by atoms with Crippen LogP contribution in [0.5, 0.6) is 0 Å². The molecule has 4 heteroatoms. The Morgan fingerprint density at radius 2 is 2.04 bits per heavy atom. The van der Waals surface area contributed by atoms with Crippen molar-refractivity contribution < 1.29 is 9.90 Å². The van der Waals surface area contributed by atoms with E-state index >= 15 is 0 Å². The van der Waals surface area contributed by atoms with E-state index in [0.29, 0.717) is 12.5 Å². The zero-order valence-electron chi connectivity index (χ0n) is 14.3. The van der Waals surface area contributed by atoms with Crippen molar-refractivity contribution in [3.63, 3.8) is 0 Å². The van der Waals surface area contributed by atoms with Gasteiger partial charge in [0, 0.05) is 24.1 Å². The van der Waals surface area contributed by atoms with Crippen molar-refractivity contribution in [1.82, 2.24) is 5.32 Å². The van der Waals surface area contributed by atoms with E-state index < -0.39 is 0 Å². The summed E-state index contributed by atoms with van der Waals surface area (Å²) in [5, 5.41) is 11.6. The summed E-state index contributed by atoms with van der Waals surface area (Å²) < 4.78 is 0. The van der Waals surface area contributed by atoms with Gasteiger partial charge in [-0.3, -0.25) is 4.79 Å². The Bertz CT molecular complexity index is 486. The maximum Gasteiger partial charge on any atom is 0.243 e. The van der Waals surface area contributed by atoms with Crippen LogP contribution in [0.4, 0.5) is 0 Å². The first-order chi connectivity index (χ1) is 11.1. The SMILES string of the molecule is CC(C)CCSc1ccccc1C=CC(=O)NCCCCCO. The van der Waals surface area contributed by atoms with Crippen molar-refractivity contribution in [2.24, 2.45) is 5.92 Å². The molecule has 2 N–H and O–H groups in total. The molecule has 1 aromatic carbocycles. The molecule has 0 saturated heterocycles. The summed E-state index contributed by atoms with van der Waals surface area (Å²) in [4.78, 5) is 13.0. The molecule has 0 unspecified atom stereocenters. The fourth-order valence-corrected chi connectivity index (χ4v) is 3.29. The predicted octanol–water partition coefficient (Wildman–Crippen LogP) is 4.12. The highest BCUT2D eigenvalue weighted by Crippen LogP contribution is 2.25. The molecule has 0 fully saturated rings. The van der Waals surface area contributed by atoms with Crippen LogP contribution in [0.1, 0.15) is 45.1 Å². The monoisotopic (exact) mass is 335 g/mol. The first-order valence-corrected chi connectivity index (χ1v) is 9.40. The molecule has 0 radical (unpaired) electrons. The van der Waals surface area contributed by atoms with E-state index in [1.165, 1.54) is 11.3 Å². The molecule has 0 atom stereocenters. The smallest absolute Gasteiger partial charge is 0.243 e. The van der Waals surface area contributed by atoms with Gasteiger partial charge in [-0.2, -0.15) is 0 Å². The third kappa shape index (κ3) is 9.47. The number of aliphatic hydroxyl groups excluding tert-OH is 1. The molecule has 1 rings (SSSR count). The maximum atomic E-state index is 11.8. The van der Waals surface area contributed by atoms with E-state index in [1.54, 1.807) is 6.08 Å². The lowest BCUT2D eigenvalue weighted by molar-refractivity contribution is -0.116. The van der Waals surface area contributed by atoms with E-state index in [1.807, 2.05) is 36.0 Å². The number of benzene rings is 1. The molecule has 0 saturated carbocycles. The Hall–Kier alpha value is -1.26. The molecule has 128 valence electrons. The average molecular weight is 336 g/mol. The average Bonchev–Trinajstić information content (AvgIpc) is 2.53. The number of rotatable bonds is 11. The number of carbonyl (C=O) groups excluding carboxylic acids is 1. The van der Waals surface area contributed by atoms with Crippen molar-refractivity contribution >= 4 is 23.7 Å². The van der Waals surface area contributed by atoms with Crippen LogP contribution in [0.2, 0.25) is 0 Å². The zero-order chi connectivity index (χ0) is 16.9. The van der Waals surface area contributed by atoms with Gasteiger partial charge in [-0.1, -0.05) is 32.0 Å². The minimum absolute atomic E-state index is 0.0593. The van der Waals surface area contributed by atoms with Gasteiger partial charge < -0.3 is 10.4 Å². The molecule has 0 heterocycles. The van der Waals surface area contributed by atoms with Crippen molar-refractivity contribution in [1.29, 1.82) is 0 Å². The van der Waals surface area contributed by atoms with Crippen LogP contribution in [-0.4, -0.2) is 29.9 Å². The lowest BCUT2D eigenvalue weighted by atomic mass is 10.2. The number of hydrogen-bond acceptors (Lipinski definition) is 3. The van der Waals surface area contributed by atoms with Gasteiger partial charge in [-0.05, 0) is 55.1 Å². The number of aliphatic hydroxyl groups is 1. The Morgan fingerprint density at radius 1 is 1.26 bits per heavy atom. The lowest BCUT2D eigenvalue weighted by Crippen LogP contribution is -2.22. The summed E-state index contributed by atoms with van der Waals surface area (Å²) in [5.41, 5.74) is 1.09. The van der Waals surface area contributed by atoms with E-state index in [-0.39, 0.29) is 12.5 Å². The Labute approximate surface area is 144 Å². The molecule has 0 aliphatic carbocycles. The predicted molar refractivity (Wildman–Crippen MR) is 99.6 cm³/mol. The zero-order valence-corrected chi connectivity index (χ0v) is 15.1. The molecular weight excluding hydrogens is 306 g/mol. The highest BCUT2D eigenvalue weighted by Gasteiger charge is 2.02. The minimum Gasteiger partial charge on any atom is -0.396 e. The number of amides is 1. The van der Waals surface area contributed by atoms with Crippen LogP contribution in [-0.2, 0) is 4.79 Å². The maximum absolute atomic E-state index is 11.8. The van der Waals surface area contributed by atoms with E-state index in [2.05, 4.69) is 25.2 Å². The van der Waals surface area contributed by atoms with Crippen molar-refractivity contribution in [2.45, 2.75) is 44.4 Å². The fourth-order valence-electron chi connectivity index (χ4n) is 2.00. The Morgan fingerprint density at radius 3 is 2.78 bits per heavy atom. The van der Waals surface area contributed by atoms with Crippen molar-refractivity contribution in [3.8, 4) is 0 Å². The topological polar surface area (TPSA) is 49.3 Å². The molecular formula is C19H29NO2S. The summed E-state index contributed by atoms with van der Waals surface area (Å²) in [6, 6.07) is 8.19. The van der Waals surface area contributed by atoms with Gasteiger partial charge in [0.05, 0.1) is 0 Å². The van der Waals surface area contributed by atoms with Gasteiger partial charge in [0.25, 0.3) is 0 Å². The second-order valence-corrected chi connectivity index (χ2v) is 7.11. The summed E-state index contributed by atoms with van der Waals surface area (Å²) in [6.07, 6.45) is 7.33. The van der Waals surface area contributed by atoms with Crippen molar-refractivity contribution in [2.75, 3.05) is 18.9 Å². The largest absolute Gasteiger partial charge is 0.396 e. The number of nitrogens with one attached hydrogen (secondary N) is 1. The molecule has 0 aliphatic rings. The molecule has 0 spiro atoms. The van der Waals surface area contributed by atoms with Gasteiger partial charge in [0.1, 0.15) is 0 Å². The van der Waals surface area contributed by atoms with E-state index in [9.17, 15) is 4.79 Å². The molecule has 3 nitrogen and oxygen atoms in total. The van der Waals surface area contributed by atoms with Gasteiger partial charge in [-0.25, -0.2) is 0 Å². The number of carbonyl (C=O) groups is 1. The Kier molecular flexibility index (Phi) is 10.5. The number of hydrogen-bond donors (Lipinski definition) is 2. The van der Waals surface area contributed by atoms with Gasteiger partial charge in [0.15, 0.2) is 0 Å². The molecule has 0 bridgehead atoms. The summed E-state index contributed by atoms with van der Waals surface area (Å²) in [7, 11) is 0. The van der Waals surface area contributed by atoms with Crippen LogP contribution >= 0.6 is 11.8 Å². The Balaban J connectivity index is 2.44. The van der Waals surface area contributed by atoms with Crippen LogP contribution in [0.3, 0.4) is 0 Å². The highest BCUT2D eigenvalue weighted by atomic mass is 32.2. The van der Waals surface area contributed by atoms with Gasteiger partial charge in [-0.15, -0.1) is 11.8 Å². The first-order valence-electron chi connectivity index (χ1n) is 8.42. The second kappa shape index (κ2) is 12.2. The standard InChI is InChI=1S/C19H29NO2S/c1-16(2)12-15-23-18-9-5-4-8-17(18)10-11-19(22)20-13-6-3-7-14-21/h4-5,8-11,16,21H,3,6-7,12-15H2,1-2H3,(H,20,22). The summed E-state index contributed by atoms with van der Waals surface area (Å²) >= 11 is 1.85. The third-order valence-corrected chi connectivity index (χ3v) is 4.54. The minimum atomic E-state index is -0.0593. The molecule has 1 amide bonds. The fraction of sp³-hybridized carbons (Fsp3) is 0.526. The molecule has 0 aromatic heterocycles.